The van der Waals surface area contributed by atoms with E-state index in [0.29, 0.717) is 18.4 Å². The average Bonchev–Trinajstić information content (AvgIpc) is 3.31. The van der Waals surface area contributed by atoms with E-state index in [4.69, 9.17) is 14.6 Å². The van der Waals surface area contributed by atoms with Crippen molar-refractivity contribution in [2.24, 2.45) is 5.92 Å². The summed E-state index contributed by atoms with van der Waals surface area (Å²) >= 11 is 0. The molecule has 2 aromatic carbocycles. The zero-order valence-corrected chi connectivity index (χ0v) is 16.8. The predicted octanol–water partition coefficient (Wildman–Crippen LogP) is 5.59. The van der Waals surface area contributed by atoms with Crippen LogP contribution in [-0.2, 0) is 6.61 Å². The monoisotopic (exact) mass is 403 g/mol. The van der Waals surface area contributed by atoms with Crippen LogP contribution in [0.4, 0.5) is 0 Å². The standard InChI is InChI=1S/C25H25NO4/c27-25(28)20-10-8-19(9-11-20)16-29-23-7-3-6-21(14-23)22-12-13-24(26-15-22)30-17-18-4-1-2-5-18/h3,6-15,18H,1-2,4-5,16-17H2,(H,27,28). The van der Waals surface area contributed by atoms with Crippen molar-refractivity contribution >= 4 is 5.97 Å². The molecule has 5 nitrogen and oxygen atoms in total. The van der Waals surface area contributed by atoms with E-state index in [2.05, 4.69) is 4.98 Å². The fourth-order valence-electron chi connectivity index (χ4n) is 3.69. The maximum Gasteiger partial charge on any atom is 0.335 e. The van der Waals surface area contributed by atoms with E-state index in [9.17, 15) is 4.79 Å². The topological polar surface area (TPSA) is 68.7 Å². The van der Waals surface area contributed by atoms with E-state index in [1.165, 1.54) is 25.7 Å². The van der Waals surface area contributed by atoms with Crippen LogP contribution in [0.5, 0.6) is 11.6 Å². The second-order valence-corrected chi connectivity index (χ2v) is 7.67. The van der Waals surface area contributed by atoms with Crippen molar-refractivity contribution in [2.45, 2.75) is 32.3 Å². The summed E-state index contributed by atoms with van der Waals surface area (Å²) in [5, 5.41) is 8.97. The van der Waals surface area contributed by atoms with Gasteiger partial charge in [0, 0.05) is 17.8 Å². The molecule has 0 amide bonds. The third-order valence-electron chi connectivity index (χ3n) is 5.45. The number of ether oxygens (including phenoxy) is 2. The van der Waals surface area contributed by atoms with Crippen molar-refractivity contribution in [3.8, 4) is 22.8 Å². The van der Waals surface area contributed by atoms with Crippen molar-refractivity contribution in [3.63, 3.8) is 0 Å². The molecule has 5 heteroatoms. The van der Waals surface area contributed by atoms with E-state index in [-0.39, 0.29) is 5.56 Å². The van der Waals surface area contributed by atoms with Gasteiger partial charge in [0.2, 0.25) is 5.88 Å². The average molecular weight is 403 g/mol. The highest BCUT2D eigenvalue weighted by atomic mass is 16.5. The maximum atomic E-state index is 10.9. The second kappa shape index (κ2) is 9.44. The van der Waals surface area contributed by atoms with E-state index in [1.54, 1.807) is 24.3 Å². The minimum atomic E-state index is -0.932. The summed E-state index contributed by atoms with van der Waals surface area (Å²) in [7, 11) is 0. The molecular formula is C25H25NO4. The third kappa shape index (κ3) is 5.17. The summed E-state index contributed by atoms with van der Waals surface area (Å²) in [6.45, 7) is 1.12. The van der Waals surface area contributed by atoms with Gasteiger partial charge in [-0.05, 0) is 60.2 Å². The van der Waals surface area contributed by atoms with E-state index in [0.717, 1.165) is 29.0 Å². The van der Waals surface area contributed by atoms with Crippen molar-refractivity contribution < 1.29 is 19.4 Å². The number of carboxylic acids is 1. The van der Waals surface area contributed by atoms with Crippen LogP contribution in [0.15, 0.2) is 66.9 Å². The van der Waals surface area contributed by atoms with Crippen LogP contribution in [0, 0.1) is 5.92 Å². The first-order valence-electron chi connectivity index (χ1n) is 10.3. The predicted molar refractivity (Wildman–Crippen MR) is 115 cm³/mol. The second-order valence-electron chi connectivity index (χ2n) is 7.67. The summed E-state index contributed by atoms with van der Waals surface area (Å²) in [5.41, 5.74) is 3.20. The lowest BCUT2D eigenvalue weighted by Crippen LogP contribution is -2.08. The van der Waals surface area contributed by atoms with Crippen molar-refractivity contribution in [2.75, 3.05) is 6.61 Å². The summed E-state index contributed by atoms with van der Waals surface area (Å²) < 4.78 is 11.7. The Morgan fingerprint density at radius 1 is 0.967 bits per heavy atom. The summed E-state index contributed by atoms with van der Waals surface area (Å²) in [5.74, 6) is 1.15. The molecule has 1 aliphatic rings. The van der Waals surface area contributed by atoms with Gasteiger partial charge in [-0.15, -0.1) is 0 Å². The normalized spacial score (nSPS) is 13.9. The fourth-order valence-corrected chi connectivity index (χ4v) is 3.69. The number of nitrogens with zero attached hydrogens (tertiary/aromatic N) is 1. The maximum absolute atomic E-state index is 10.9. The molecule has 3 aromatic rings. The van der Waals surface area contributed by atoms with Crippen LogP contribution < -0.4 is 9.47 Å². The van der Waals surface area contributed by atoms with Crippen LogP contribution in [0.1, 0.15) is 41.6 Å². The molecule has 1 saturated carbocycles. The molecule has 30 heavy (non-hydrogen) atoms. The SMILES string of the molecule is O=C(O)c1ccc(COc2cccc(-c3ccc(OCC4CCCC4)nc3)c2)cc1. The number of hydrogen-bond donors (Lipinski definition) is 1. The summed E-state index contributed by atoms with van der Waals surface area (Å²) in [4.78, 5) is 15.4. The van der Waals surface area contributed by atoms with Gasteiger partial charge in [-0.2, -0.15) is 0 Å². The molecule has 1 N–H and O–H groups in total. The highest BCUT2D eigenvalue weighted by molar-refractivity contribution is 5.87. The van der Waals surface area contributed by atoms with Crippen LogP contribution in [0.3, 0.4) is 0 Å². The molecule has 0 unspecified atom stereocenters. The van der Waals surface area contributed by atoms with Crippen LogP contribution in [0.25, 0.3) is 11.1 Å². The number of carboxylic acid groups (broad SMARTS) is 1. The minimum Gasteiger partial charge on any atom is -0.489 e. The Balaban J connectivity index is 1.35. The third-order valence-corrected chi connectivity index (χ3v) is 5.45. The Hall–Kier alpha value is -3.34. The Morgan fingerprint density at radius 3 is 2.47 bits per heavy atom. The molecule has 0 spiro atoms. The molecule has 4 rings (SSSR count). The Labute approximate surface area is 176 Å². The van der Waals surface area contributed by atoms with Gasteiger partial charge < -0.3 is 14.6 Å². The van der Waals surface area contributed by atoms with Gasteiger partial charge >= 0.3 is 5.97 Å². The number of rotatable bonds is 8. The van der Waals surface area contributed by atoms with Gasteiger partial charge in [0.05, 0.1) is 12.2 Å². The quantitative estimate of drug-likeness (QED) is 0.531. The lowest BCUT2D eigenvalue weighted by atomic mass is 10.1. The van der Waals surface area contributed by atoms with Gasteiger partial charge in [0.15, 0.2) is 0 Å². The molecule has 0 saturated heterocycles. The Morgan fingerprint density at radius 2 is 1.77 bits per heavy atom. The van der Waals surface area contributed by atoms with Gasteiger partial charge in [0.25, 0.3) is 0 Å². The van der Waals surface area contributed by atoms with Gasteiger partial charge in [0.1, 0.15) is 12.4 Å². The highest BCUT2D eigenvalue weighted by Gasteiger charge is 2.15. The number of aromatic nitrogens is 1. The molecule has 1 aromatic heterocycles. The molecule has 1 fully saturated rings. The molecule has 0 bridgehead atoms. The molecule has 0 radical (unpaired) electrons. The lowest BCUT2D eigenvalue weighted by Gasteiger charge is -2.11. The fraction of sp³-hybridized carbons (Fsp3) is 0.280. The van der Waals surface area contributed by atoms with Gasteiger partial charge in [-0.3, -0.25) is 0 Å². The first-order valence-corrected chi connectivity index (χ1v) is 10.3. The Bertz CT molecular complexity index is 977. The number of pyridine rings is 1. The zero-order chi connectivity index (χ0) is 20.8. The first-order chi connectivity index (χ1) is 14.7. The molecule has 154 valence electrons. The van der Waals surface area contributed by atoms with Gasteiger partial charge in [-0.1, -0.05) is 37.1 Å². The zero-order valence-electron chi connectivity index (χ0n) is 16.8. The van der Waals surface area contributed by atoms with E-state index < -0.39 is 5.97 Å². The molecular weight excluding hydrogens is 378 g/mol. The van der Waals surface area contributed by atoms with Crippen molar-refractivity contribution in [1.29, 1.82) is 0 Å². The number of carbonyl (C=O) groups is 1. The molecule has 0 atom stereocenters. The summed E-state index contributed by atoms with van der Waals surface area (Å²) in [6.07, 6.45) is 6.97. The largest absolute Gasteiger partial charge is 0.489 e. The number of hydrogen-bond acceptors (Lipinski definition) is 4. The van der Waals surface area contributed by atoms with Crippen LogP contribution >= 0.6 is 0 Å². The minimum absolute atomic E-state index is 0.268. The van der Waals surface area contributed by atoms with Crippen LogP contribution in [-0.4, -0.2) is 22.7 Å². The smallest absolute Gasteiger partial charge is 0.335 e. The van der Waals surface area contributed by atoms with Gasteiger partial charge in [-0.25, -0.2) is 9.78 Å². The van der Waals surface area contributed by atoms with Crippen molar-refractivity contribution in [3.05, 3.63) is 78.0 Å². The molecule has 1 heterocycles. The Kier molecular flexibility index (Phi) is 6.28. The highest BCUT2D eigenvalue weighted by Crippen LogP contribution is 2.27. The van der Waals surface area contributed by atoms with Crippen molar-refractivity contribution in [1.82, 2.24) is 4.98 Å². The number of aromatic carboxylic acids is 1. The van der Waals surface area contributed by atoms with E-state index in [1.807, 2.05) is 42.6 Å². The number of benzene rings is 2. The summed E-state index contributed by atoms with van der Waals surface area (Å²) in [6, 6.07) is 18.5. The molecule has 0 aliphatic heterocycles. The van der Waals surface area contributed by atoms with Crippen LogP contribution in [0.2, 0.25) is 0 Å². The molecule has 1 aliphatic carbocycles. The van der Waals surface area contributed by atoms with E-state index >= 15 is 0 Å². The lowest BCUT2D eigenvalue weighted by molar-refractivity contribution is 0.0697. The first kappa shape index (κ1) is 20.0.